The molecule has 0 bridgehead atoms. The summed E-state index contributed by atoms with van der Waals surface area (Å²) >= 11 is 0. The number of pyridine rings is 1. The minimum atomic E-state index is -0.162. The van der Waals surface area contributed by atoms with Crippen LogP contribution in [0.1, 0.15) is 21.5 Å². The molecule has 1 aromatic heterocycles. The van der Waals surface area contributed by atoms with Crippen molar-refractivity contribution in [2.45, 2.75) is 13.8 Å². The number of aromatic nitrogens is 1. The minimum absolute atomic E-state index is 0.162. The first-order chi connectivity index (χ1) is 8.58. The molecular formula is C14H15N3O. The Morgan fingerprint density at radius 2 is 1.94 bits per heavy atom. The number of rotatable bonds is 2. The molecule has 4 nitrogen and oxygen atoms in total. The predicted octanol–water partition coefficient (Wildman–Crippen LogP) is 2.53. The number of hydrogen-bond donors (Lipinski definition) is 2. The van der Waals surface area contributed by atoms with E-state index in [2.05, 4.69) is 10.3 Å². The van der Waals surface area contributed by atoms with E-state index in [9.17, 15) is 4.79 Å². The summed E-state index contributed by atoms with van der Waals surface area (Å²) in [5.41, 5.74) is 8.77. The lowest BCUT2D eigenvalue weighted by atomic mass is 10.1. The van der Waals surface area contributed by atoms with Crippen LogP contribution in [0.2, 0.25) is 0 Å². The van der Waals surface area contributed by atoms with Gasteiger partial charge >= 0.3 is 0 Å². The first-order valence-corrected chi connectivity index (χ1v) is 5.67. The molecule has 0 unspecified atom stereocenters. The average molecular weight is 241 g/mol. The van der Waals surface area contributed by atoms with Crippen LogP contribution in [0.3, 0.4) is 0 Å². The molecule has 18 heavy (non-hydrogen) atoms. The molecule has 1 heterocycles. The van der Waals surface area contributed by atoms with Crippen LogP contribution < -0.4 is 11.1 Å². The molecule has 0 saturated heterocycles. The van der Waals surface area contributed by atoms with E-state index in [1.807, 2.05) is 32.0 Å². The summed E-state index contributed by atoms with van der Waals surface area (Å²) in [7, 11) is 0. The van der Waals surface area contributed by atoms with Crippen LogP contribution in [0.15, 0.2) is 36.5 Å². The van der Waals surface area contributed by atoms with Gasteiger partial charge in [0.1, 0.15) is 5.82 Å². The second kappa shape index (κ2) is 4.87. The number of anilines is 2. The number of carbonyl (C=O) groups is 1. The van der Waals surface area contributed by atoms with Crippen LogP contribution in [0.4, 0.5) is 11.5 Å². The Morgan fingerprint density at radius 3 is 2.61 bits per heavy atom. The topological polar surface area (TPSA) is 68.0 Å². The Balaban J connectivity index is 2.22. The monoisotopic (exact) mass is 241 g/mol. The van der Waals surface area contributed by atoms with Gasteiger partial charge in [0.15, 0.2) is 0 Å². The van der Waals surface area contributed by atoms with Crippen molar-refractivity contribution in [3.63, 3.8) is 0 Å². The molecule has 0 aliphatic rings. The molecule has 0 aliphatic carbocycles. The number of hydrogen-bond acceptors (Lipinski definition) is 3. The van der Waals surface area contributed by atoms with Crippen molar-refractivity contribution in [1.29, 1.82) is 0 Å². The Hall–Kier alpha value is -2.36. The maximum absolute atomic E-state index is 12.0. The van der Waals surface area contributed by atoms with Crippen molar-refractivity contribution in [3.8, 4) is 0 Å². The number of nitrogens with one attached hydrogen (secondary N) is 1. The normalized spacial score (nSPS) is 10.1. The van der Waals surface area contributed by atoms with Gasteiger partial charge in [0, 0.05) is 5.56 Å². The Labute approximate surface area is 106 Å². The van der Waals surface area contributed by atoms with Crippen molar-refractivity contribution in [2.75, 3.05) is 11.1 Å². The minimum Gasteiger partial charge on any atom is -0.397 e. The predicted molar refractivity (Wildman–Crippen MR) is 72.5 cm³/mol. The first-order valence-electron chi connectivity index (χ1n) is 5.67. The highest BCUT2D eigenvalue weighted by molar-refractivity contribution is 6.04. The van der Waals surface area contributed by atoms with Gasteiger partial charge in [0.2, 0.25) is 0 Å². The fraction of sp³-hybridized carbons (Fsp3) is 0.143. The molecule has 1 amide bonds. The summed E-state index contributed by atoms with van der Waals surface area (Å²) in [5, 5.41) is 2.76. The Bertz CT molecular complexity index is 593. The van der Waals surface area contributed by atoms with Gasteiger partial charge in [-0.1, -0.05) is 18.2 Å². The third kappa shape index (κ3) is 2.48. The quantitative estimate of drug-likeness (QED) is 0.849. The zero-order valence-electron chi connectivity index (χ0n) is 10.4. The van der Waals surface area contributed by atoms with Crippen LogP contribution in [-0.4, -0.2) is 10.9 Å². The molecule has 0 radical (unpaired) electrons. The van der Waals surface area contributed by atoms with E-state index < -0.39 is 0 Å². The lowest BCUT2D eigenvalue weighted by Crippen LogP contribution is -2.14. The van der Waals surface area contributed by atoms with E-state index in [4.69, 9.17) is 5.73 Å². The van der Waals surface area contributed by atoms with E-state index in [0.29, 0.717) is 17.1 Å². The van der Waals surface area contributed by atoms with Gasteiger partial charge in [-0.05, 0) is 37.1 Å². The van der Waals surface area contributed by atoms with Gasteiger partial charge in [-0.15, -0.1) is 0 Å². The van der Waals surface area contributed by atoms with Crippen LogP contribution in [0, 0.1) is 13.8 Å². The molecular weight excluding hydrogens is 226 g/mol. The number of nitrogens with two attached hydrogens (primary N) is 1. The average Bonchev–Trinajstić information content (AvgIpc) is 2.34. The lowest BCUT2D eigenvalue weighted by molar-refractivity contribution is 0.102. The van der Waals surface area contributed by atoms with Crippen molar-refractivity contribution in [2.24, 2.45) is 0 Å². The number of nitrogens with zero attached hydrogens (tertiary/aromatic N) is 1. The highest BCUT2D eigenvalue weighted by Gasteiger charge is 2.09. The molecule has 4 heteroatoms. The summed E-state index contributed by atoms with van der Waals surface area (Å²) in [5.74, 6) is 0.347. The summed E-state index contributed by atoms with van der Waals surface area (Å²) in [6.07, 6.45) is 1.54. The highest BCUT2D eigenvalue weighted by Crippen LogP contribution is 2.15. The molecule has 0 saturated carbocycles. The van der Waals surface area contributed by atoms with E-state index in [1.54, 1.807) is 18.3 Å². The molecule has 0 fully saturated rings. The zero-order chi connectivity index (χ0) is 13.1. The smallest absolute Gasteiger partial charge is 0.257 e. The molecule has 92 valence electrons. The molecule has 0 aliphatic heterocycles. The van der Waals surface area contributed by atoms with Gasteiger partial charge in [0.05, 0.1) is 11.9 Å². The third-order valence-electron chi connectivity index (χ3n) is 2.78. The van der Waals surface area contributed by atoms with Gasteiger partial charge in [0.25, 0.3) is 5.91 Å². The summed E-state index contributed by atoms with van der Waals surface area (Å²) in [4.78, 5) is 16.1. The molecule has 2 aromatic rings. The van der Waals surface area contributed by atoms with Crippen LogP contribution in [0.25, 0.3) is 0 Å². The van der Waals surface area contributed by atoms with E-state index in [0.717, 1.165) is 11.1 Å². The number of carbonyl (C=O) groups excluding carboxylic acids is 1. The summed E-state index contributed by atoms with van der Waals surface area (Å²) in [6, 6.07) is 9.18. The van der Waals surface area contributed by atoms with Crippen molar-refractivity contribution in [3.05, 3.63) is 53.2 Å². The van der Waals surface area contributed by atoms with E-state index in [1.165, 1.54) is 0 Å². The zero-order valence-corrected chi connectivity index (χ0v) is 10.4. The third-order valence-corrected chi connectivity index (χ3v) is 2.78. The maximum Gasteiger partial charge on any atom is 0.257 e. The van der Waals surface area contributed by atoms with Crippen LogP contribution in [-0.2, 0) is 0 Å². The Morgan fingerprint density at radius 1 is 1.22 bits per heavy atom. The van der Waals surface area contributed by atoms with Crippen molar-refractivity contribution in [1.82, 2.24) is 4.98 Å². The molecule has 0 atom stereocenters. The van der Waals surface area contributed by atoms with Crippen molar-refractivity contribution < 1.29 is 4.79 Å². The van der Waals surface area contributed by atoms with Crippen LogP contribution >= 0.6 is 0 Å². The van der Waals surface area contributed by atoms with Gasteiger partial charge in [-0.25, -0.2) is 4.98 Å². The largest absolute Gasteiger partial charge is 0.397 e. The van der Waals surface area contributed by atoms with Crippen LogP contribution in [0.5, 0.6) is 0 Å². The Kier molecular flexibility index (Phi) is 3.28. The number of aryl methyl sites for hydroxylation is 2. The van der Waals surface area contributed by atoms with Gasteiger partial charge in [-0.2, -0.15) is 0 Å². The summed E-state index contributed by atoms with van der Waals surface area (Å²) < 4.78 is 0. The first kappa shape index (κ1) is 12.1. The fourth-order valence-corrected chi connectivity index (χ4v) is 1.65. The lowest BCUT2D eigenvalue weighted by Gasteiger charge is -2.08. The van der Waals surface area contributed by atoms with E-state index >= 15 is 0 Å². The SMILES string of the molecule is Cc1cc(NC(=O)c2ccccc2C)ncc1N. The molecule has 1 aromatic carbocycles. The molecule has 0 spiro atoms. The standard InChI is InChI=1S/C14H15N3O/c1-9-5-3-4-6-11(9)14(18)17-13-7-10(2)12(15)8-16-13/h3-8H,15H2,1-2H3,(H,16,17,18). The second-order valence-electron chi connectivity index (χ2n) is 4.20. The number of amides is 1. The highest BCUT2D eigenvalue weighted by atomic mass is 16.1. The van der Waals surface area contributed by atoms with Gasteiger partial charge in [-0.3, -0.25) is 4.79 Å². The second-order valence-corrected chi connectivity index (χ2v) is 4.20. The van der Waals surface area contributed by atoms with Crippen molar-refractivity contribution >= 4 is 17.4 Å². The fourth-order valence-electron chi connectivity index (χ4n) is 1.65. The molecule has 2 rings (SSSR count). The number of benzene rings is 1. The van der Waals surface area contributed by atoms with E-state index in [-0.39, 0.29) is 5.91 Å². The number of nitrogen functional groups attached to an aromatic ring is 1. The maximum atomic E-state index is 12.0. The molecule has 3 N–H and O–H groups in total. The summed E-state index contributed by atoms with van der Waals surface area (Å²) in [6.45, 7) is 3.77. The van der Waals surface area contributed by atoms with Gasteiger partial charge < -0.3 is 11.1 Å².